The van der Waals surface area contributed by atoms with Crippen molar-refractivity contribution >= 4 is 11.6 Å². The summed E-state index contributed by atoms with van der Waals surface area (Å²) in [7, 11) is 0. The normalized spacial score (nSPS) is 10.4. The predicted molar refractivity (Wildman–Crippen MR) is 87.8 cm³/mol. The van der Waals surface area contributed by atoms with Crippen molar-refractivity contribution in [3.8, 4) is 5.75 Å². The summed E-state index contributed by atoms with van der Waals surface area (Å²) >= 11 is 0. The zero-order valence-electron chi connectivity index (χ0n) is 13.1. The molecular weight excluding hydrogens is 264 g/mol. The van der Waals surface area contributed by atoms with E-state index in [1.54, 1.807) is 6.08 Å². The van der Waals surface area contributed by atoms with Gasteiger partial charge in [0.15, 0.2) is 0 Å². The minimum Gasteiger partial charge on any atom is -0.487 e. The van der Waals surface area contributed by atoms with Crippen molar-refractivity contribution in [1.29, 1.82) is 0 Å². The summed E-state index contributed by atoms with van der Waals surface area (Å²) in [4.78, 5) is 14.3. The average molecular weight is 290 g/mol. The first-order chi connectivity index (χ1) is 10.2. The van der Waals surface area contributed by atoms with E-state index < -0.39 is 0 Å². The van der Waals surface area contributed by atoms with Gasteiger partial charge in [-0.2, -0.15) is 0 Å². The van der Waals surface area contributed by atoms with Crippen molar-refractivity contribution < 1.29 is 9.53 Å². The van der Waals surface area contributed by atoms with Gasteiger partial charge in [-0.05, 0) is 38.1 Å². The van der Waals surface area contributed by atoms with Crippen molar-refractivity contribution in [2.45, 2.75) is 26.7 Å². The van der Waals surface area contributed by atoms with Crippen LogP contribution in [0.15, 0.2) is 36.9 Å². The molecule has 116 valence electrons. The van der Waals surface area contributed by atoms with Crippen LogP contribution in [0.25, 0.3) is 0 Å². The number of hydrogen-bond acceptors (Lipinski definition) is 3. The lowest BCUT2D eigenvalue weighted by Crippen LogP contribution is -2.34. The third-order valence-corrected chi connectivity index (χ3v) is 2.96. The van der Waals surface area contributed by atoms with Crippen molar-refractivity contribution in [2.75, 3.05) is 31.6 Å². The molecule has 0 atom stereocenters. The van der Waals surface area contributed by atoms with E-state index in [4.69, 9.17) is 4.74 Å². The second kappa shape index (κ2) is 10.00. The number of rotatable bonds is 10. The molecule has 0 bridgehead atoms. The molecule has 4 nitrogen and oxygen atoms in total. The number of carbonyl (C=O) groups is 1. The van der Waals surface area contributed by atoms with Crippen LogP contribution >= 0.6 is 0 Å². The number of anilines is 1. The lowest BCUT2D eigenvalue weighted by atomic mass is 10.3. The smallest absolute Gasteiger partial charge is 0.238 e. The van der Waals surface area contributed by atoms with Crippen LogP contribution in [0.3, 0.4) is 0 Å². The number of carbonyl (C=O) groups excluding carboxylic acids is 1. The Hall–Kier alpha value is -1.81. The van der Waals surface area contributed by atoms with Crippen molar-refractivity contribution in [3.05, 3.63) is 36.9 Å². The molecule has 1 rings (SSSR count). The summed E-state index contributed by atoms with van der Waals surface area (Å²) in [6.45, 7) is 10.6. The van der Waals surface area contributed by atoms with Crippen LogP contribution in [0.1, 0.15) is 26.7 Å². The Labute approximate surface area is 127 Å². The van der Waals surface area contributed by atoms with Crippen LogP contribution in [0.4, 0.5) is 5.69 Å². The van der Waals surface area contributed by atoms with Crippen molar-refractivity contribution in [3.63, 3.8) is 0 Å². The molecule has 0 spiro atoms. The van der Waals surface area contributed by atoms with E-state index >= 15 is 0 Å². The summed E-state index contributed by atoms with van der Waals surface area (Å²) in [5.41, 5.74) is 0.706. The zero-order chi connectivity index (χ0) is 15.5. The molecule has 0 aliphatic rings. The summed E-state index contributed by atoms with van der Waals surface area (Å²) in [6, 6.07) is 7.45. The summed E-state index contributed by atoms with van der Waals surface area (Å²) < 4.78 is 5.54. The maximum Gasteiger partial charge on any atom is 0.238 e. The van der Waals surface area contributed by atoms with Crippen LogP contribution in [0.5, 0.6) is 5.75 Å². The second-order valence-electron chi connectivity index (χ2n) is 4.92. The Balaban J connectivity index is 2.62. The first-order valence-corrected chi connectivity index (χ1v) is 7.56. The number of ether oxygens (including phenoxy) is 1. The molecule has 21 heavy (non-hydrogen) atoms. The zero-order valence-corrected chi connectivity index (χ0v) is 13.1. The van der Waals surface area contributed by atoms with Crippen molar-refractivity contribution in [2.24, 2.45) is 0 Å². The third-order valence-electron chi connectivity index (χ3n) is 2.96. The Kier molecular flexibility index (Phi) is 8.21. The minimum atomic E-state index is -0.00782. The minimum absolute atomic E-state index is 0.00782. The van der Waals surface area contributed by atoms with Gasteiger partial charge in [0, 0.05) is 0 Å². The fourth-order valence-corrected chi connectivity index (χ4v) is 2.14. The maximum atomic E-state index is 12.2. The van der Waals surface area contributed by atoms with E-state index in [2.05, 4.69) is 30.6 Å². The third kappa shape index (κ3) is 6.45. The molecule has 1 aromatic rings. The number of amides is 1. The summed E-state index contributed by atoms with van der Waals surface area (Å²) in [5.74, 6) is 0.662. The van der Waals surface area contributed by atoms with E-state index in [-0.39, 0.29) is 5.91 Å². The molecular formula is C17H26N2O2. The summed E-state index contributed by atoms with van der Waals surface area (Å²) in [5, 5.41) is 2.93. The Morgan fingerprint density at radius 2 is 1.95 bits per heavy atom. The van der Waals surface area contributed by atoms with Crippen molar-refractivity contribution in [1.82, 2.24) is 4.90 Å². The van der Waals surface area contributed by atoms with E-state index in [9.17, 15) is 4.79 Å². The molecule has 1 amide bonds. The van der Waals surface area contributed by atoms with Crippen LogP contribution in [-0.2, 0) is 4.79 Å². The molecule has 0 heterocycles. The van der Waals surface area contributed by atoms with Crippen LogP contribution in [0.2, 0.25) is 0 Å². The lowest BCUT2D eigenvalue weighted by molar-refractivity contribution is -0.117. The van der Waals surface area contributed by atoms with E-state index in [1.165, 1.54) is 0 Å². The molecule has 0 aromatic heterocycles. The Bertz CT molecular complexity index is 440. The highest BCUT2D eigenvalue weighted by Crippen LogP contribution is 2.23. The van der Waals surface area contributed by atoms with E-state index in [0.717, 1.165) is 25.9 Å². The first-order valence-electron chi connectivity index (χ1n) is 7.56. The van der Waals surface area contributed by atoms with Gasteiger partial charge in [0.05, 0.1) is 12.2 Å². The largest absolute Gasteiger partial charge is 0.487 e. The monoisotopic (exact) mass is 290 g/mol. The van der Waals surface area contributed by atoms with E-state index in [1.807, 2.05) is 24.3 Å². The average Bonchev–Trinajstić information content (AvgIpc) is 2.47. The van der Waals surface area contributed by atoms with Gasteiger partial charge in [-0.3, -0.25) is 9.69 Å². The van der Waals surface area contributed by atoms with Gasteiger partial charge in [-0.25, -0.2) is 0 Å². The van der Waals surface area contributed by atoms with Gasteiger partial charge in [0.25, 0.3) is 0 Å². The number of benzene rings is 1. The van der Waals surface area contributed by atoms with Gasteiger partial charge in [0.1, 0.15) is 12.4 Å². The van der Waals surface area contributed by atoms with E-state index in [0.29, 0.717) is 24.6 Å². The Morgan fingerprint density at radius 3 is 2.57 bits per heavy atom. The molecule has 4 heteroatoms. The molecule has 0 saturated heterocycles. The van der Waals surface area contributed by atoms with Crippen LogP contribution in [0, 0.1) is 0 Å². The highest BCUT2D eigenvalue weighted by Gasteiger charge is 2.11. The fraction of sp³-hybridized carbons (Fsp3) is 0.471. The molecule has 1 N–H and O–H groups in total. The molecule has 0 aliphatic heterocycles. The van der Waals surface area contributed by atoms with Crippen LogP contribution < -0.4 is 10.1 Å². The van der Waals surface area contributed by atoms with Crippen LogP contribution in [-0.4, -0.2) is 37.0 Å². The molecule has 1 aromatic carbocycles. The van der Waals surface area contributed by atoms with Gasteiger partial charge in [0.2, 0.25) is 5.91 Å². The predicted octanol–water partition coefficient (Wildman–Crippen LogP) is 3.31. The van der Waals surface area contributed by atoms with Gasteiger partial charge in [-0.15, -0.1) is 0 Å². The second-order valence-corrected chi connectivity index (χ2v) is 4.92. The molecule has 0 aliphatic carbocycles. The summed E-state index contributed by atoms with van der Waals surface area (Å²) in [6.07, 6.45) is 3.78. The van der Waals surface area contributed by atoms with Gasteiger partial charge >= 0.3 is 0 Å². The SMILES string of the molecule is C=CCOc1ccccc1NC(=O)CN(CCC)CCC. The van der Waals surface area contributed by atoms with Gasteiger partial charge < -0.3 is 10.1 Å². The molecule has 0 unspecified atom stereocenters. The number of nitrogens with one attached hydrogen (secondary N) is 1. The quantitative estimate of drug-likeness (QED) is 0.672. The number of hydrogen-bond donors (Lipinski definition) is 1. The van der Waals surface area contributed by atoms with Gasteiger partial charge in [-0.1, -0.05) is 38.6 Å². The lowest BCUT2D eigenvalue weighted by Gasteiger charge is -2.20. The standard InChI is InChI=1S/C17H26N2O2/c1-4-11-19(12-5-2)14-17(20)18-15-9-7-8-10-16(15)21-13-6-3/h6-10H,3-5,11-14H2,1-2H3,(H,18,20). The highest BCUT2D eigenvalue weighted by atomic mass is 16.5. The number of para-hydroxylation sites is 2. The molecule has 0 fully saturated rings. The maximum absolute atomic E-state index is 12.2. The Morgan fingerprint density at radius 1 is 1.29 bits per heavy atom. The fourth-order valence-electron chi connectivity index (χ4n) is 2.14. The topological polar surface area (TPSA) is 41.6 Å². The first kappa shape index (κ1) is 17.2. The number of nitrogens with zero attached hydrogens (tertiary/aromatic N) is 1. The molecule has 0 radical (unpaired) electrons. The molecule has 0 saturated carbocycles. The highest BCUT2D eigenvalue weighted by molar-refractivity contribution is 5.93.